The summed E-state index contributed by atoms with van der Waals surface area (Å²) in [6.07, 6.45) is 0.844. The predicted octanol–water partition coefficient (Wildman–Crippen LogP) is 2.70. The number of hydrogen-bond donors (Lipinski definition) is 3. The molecule has 8 nitrogen and oxygen atoms in total. The Bertz CT molecular complexity index is 880. The minimum Gasteiger partial charge on any atom is -0.381 e. The van der Waals surface area contributed by atoms with Crippen LogP contribution in [0.4, 0.5) is 17.5 Å². The number of ether oxygens (including phenoxy) is 1. The van der Waals surface area contributed by atoms with Crippen LogP contribution in [0.5, 0.6) is 0 Å². The van der Waals surface area contributed by atoms with E-state index >= 15 is 0 Å². The highest BCUT2D eigenvalue weighted by molar-refractivity contribution is 6.31. The number of carbonyl (C=O) groups excluding carboxylic acids is 1. The molecule has 1 aromatic carbocycles. The molecular formula is C20H26ClN5O3. The molecule has 1 saturated heterocycles. The zero-order valence-corrected chi connectivity index (χ0v) is 17.5. The summed E-state index contributed by atoms with van der Waals surface area (Å²) in [5, 5.41) is 13.0. The largest absolute Gasteiger partial charge is 0.381 e. The molecule has 29 heavy (non-hydrogen) atoms. The van der Waals surface area contributed by atoms with Gasteiger partial charge in [0.15, 0.2) is 0 Å². The molecular weight excluding hydrogens is 394 g/mol. The molecule has 2 aromatic rings. The first-order valence-electron chi connectivity index (χ1n) is 9.44. The summed E-state index contributed by atoms with van der Waals surface area (Å²) >= 11 is 6.58. The van der Waals surface area contributed by atoms with Crippen LogP contribution in [-0.4, -0.2) is 46.3 Å². The van der Waals surface area contributed by atoms with E-state index in [9.17, 15) is 9.90 Å². The zero-order valence-electron chi connectivity index (χ0n) is 16.8. The highest BCUT2D eigenvalue weighted by atomic mass is 35.5. The molecule has 0 saturated carbocycles. The van der Waals surface area contributed by atoms with E-state index in [1.807, 2.05) is 19.1 Å². The summed E-state index contributed by atoms with van der Waals surface area (Å²) in [6, 6.07) is 7.00. The molecule has 0 unspecified atom stereocenters. The molecule has 3 rings (SSSR count). The average Bonchev–Trinajstić information content (AvgIpc) is 2.86. The van der Waals surface area contributed by atoms with Crippen molar-refractivity contribution in [2.75, 3.05) is 35.7 Å². The van der Waals surface area contributed by atoms with Crippen molar-refractivity contribution < 1.29 is 14.6 Å². The molecule has 2 heterocycles. The third-order valence-electron chi connectivity index (χ3n) is 4.66. The standard InChI is InChI=1S/C20H26ClN5O3/c1-12-9-17(25-19(22)23-12)26-7-4-8-29-11-16(26)14-6-5-13(10-15(14)21)24-18(27)20(2,3)28/h5-6,9-10,16,28H,4,7-8,11H2,1-3H3,(H,24,27)(H2,22,23,25)/t16-/m0/s1. The van der Waals surface area contributed by atoms with Gasteiger partial charge in [-0.3, -0.25) is 4.79 Å². The van der Waals surface area contributed by atoms with Crippen molar-refractivity contribution in [2.45, 2.75) is 38.8 Å². The third-order valence-corrected chi connectivity index (χ3v) is 4.99. The summed E-state index contributed by atoms with van der Waals surface area (Å²) in [5.41, 5.74) is 6.51. The van der Waals surface area contributed by atoms with Crippen molar-refractivity contribution in [3.05, 3.63) is 40.5 Å². The van der Waals surface area contributed by atoms with Gasteiger partial charge in [0.05, 0.1) is 12.6 Å². The van der Waals surface area contributed by atoms with E-state index in [2.05, 4.69) is 20.2 Å². The van der Waals surface area contributed by atoms with Crippen LogP contribution < -0.4 is 16.0 Å². The van der Waals surface area contributed by atoms with Crippen LogP contribution in [0.15, 0.2) is 24.3 Å². The van der Waals surface area contributed by atoms with Gasteiger partial charge in [-0.25, -0.2) is 4.98 Å². The van der Waals surface area contributed by atoms with E-state index in [1.54, 1.807) is 12.1 Å². The van der Waals surface area contributed by atoms with Crippen LogP contribution in [0, 0.1) is 6.92 Å². The van der Waals surface area contributed by atoms with Gasteiger partial charge < -0.3 is 25.8 Å². The van der Waals surface area contributed by atoms with E-state index in [0.717, 1.165) is 30.0 Å². The first kappa shape index (κ1) is 21.3. The second kappa shape index (κ2) is 8.52. The summed E-state index contributed by atoms with van der Waals surface area (Å²) in [4.78, 5) is 22.7. The van der Waals surface area contributed by atoms with Crippen molar-refractivity contribution in [1.29, 1.82) is 0 Å². The fourth-order valence-corrected chi connectivity index (χ4v) is 3.50. The Labute approximate surface area is 175 Å². The summed E-state index contributed by atoms with van der Waals surface area (Å²) in [6.45, 7) is 6.54. The predicted molar refractivity (Wildman–Crippen MR) is 113 cm³/mol. The van der Waals surface area contributed by atoms with E-state index in [0.29, 0.717) is 23.9 Å². The number of hydrogen-bond acceptors (Lipinski definition) is 7. The first-order chi connectivity index (χ1) is 13.6. The second-order valence-corrected chi connectivity index (χ2v) is 8.02. The number of amides is 1. The van der Waals surface area contributed by atoms with Gasteiger partial charge in [-0.15, -0.1) is 0 Å². The number of aliphatic hydroxyl groups is 1. The number of aromatic nitrogens is 2. The van der Waals surface area contributed by atoms with Crippen molar-refractivity contribution in [2.24, 2.45) is 0 Å². The Hall–Kier alpha value is -2.42. The fourth-order valence-electron chi connectivity index (χ4n) is 3.19. The van der Waals surface area contributed by atoms with Gasteiger partial charge in [0, 0.05) is 35.6 Å². The molecule has 1 aliphatic heterocycles. The number of nitrogens with zero attached hydrogens (tertiary/aromatic N) is 3. The number of nitrogens with one attached hydrogen (secondary N) is 1. The summed E-state index contributed by atoms with van der Waals surface area (Å²) < 4.78 is 5.79. The number of benzene rings is 1. The van der Waals surface area contributed by atoms with Crippen molar-refractivity contribution in [3.63, 3.8) is 0 Å². The number of anilines is 3. The minimum atomic E-state index is -1.48. The fraction of sp³-hybridized carbons (Fsp3) is 0.450. The number of aryl methyl sites for hydroxylation is 1. The highest BCUT2D eigenvalue weighted by Crippen LogP contribution is 2.34. The molecule has 1 fully saturated rings. The maximum absolute atomic E-state index is 12.0. The maximum Gasteiger partial charge on any atom is 0.255 e. The number of carbonyl (C=O) groups is 1. The Morgan fingerprint density at radius 1 is 1.38 bits per heavy atom. The molecule has 0 spiro atoms. The molecule has 9 heteroatoms. The molecule has 1 aliphatic rings. The molecule has 156 valence electrons. The van der Waals surface area contributed by atoms with Gasteiger partial charge in [0.1, 0.15) is 11.4 Å². The number of nitrogens with two attached hydrogens (primary N) is 1. The highest BCUT2D eigenvalue weighted by Gasteiger charge is 2.28. The number of nitrogen functional groups attached to an aromatic ring is 1. The van der Waals surface area contributed by atoms with Crippen LogP contribution in [-0.2, 0) is 9.53 Å². The van der Waals surface area contributed by atoms with Crippen molar-refractivity contribution in [3.8, 4) is 0 Å². The van der Waals surface area contributed by atoms with Gasteiger partial charge in [-0.1, -0.05) is 17.7 Å². The minimum absolute atomic E-state index is 0.169. The van der Waals surface area contributed by atoms with E-state index < -0.39 is 11.5 Å². The molecule has 4 N–H and O–H groups in total. The summed E-state index contributed by atoms with van der Waals surface area (Å²) in [5.74, 6) is 0.438. The van der Waals surface area contributed by atoms with E-state index in [4.69, 9.17) is 22.1 Å². The Kier molecular flexibility index (Phi) is 6.26. The van der Waals surface area contributed by atoms with Gasteiger partial charge in [-0.05, 0) is 44.9 Å². The number of halogens is 1. The molecule has 0 aliphatic carbocycles. The molecule has 0 radical (unpaired) electrons. The summed E-state index contributed by atoms with van der Waals surface area (Å²) in [7, 11) is 0. The van der Waals surface area contributed by atoms with Gasteiger partial charge in [0.25, 0.3) is 5.91 Å². The molecule has 1 atom stereocenters. The SMILES string of the molecule is Cc1cc(N2CCCOC[C@H]2c2ccc(NC(=O)C(C)(C)O)cc2Cl)nc(N)n1. The normalized spacial score (nSPS) is 17.7. The molecule has 0 bridgehead atoms. The molecule has 1 aromatic heterocycles. The van der Waals surface area contributed by atoms with Crippen LogP contribution in [0.1, 0.15) is 37.6 Å². The quantitative estimate of drug-likeness (QED) is 0.698. The molecule has 1 amide bonds. The van der Waals surface area contributed by atoms with Crippen LogP contribution in [0.25, 0.3) is 0 Å². The Balaban J connectivity index is 1.92. The zero-order chi connectivity index (χ0) is 21.2. The Morgan fingerprint density at radius 2 is 2.14 bits per heavy atom. The average molecular weight is 420 g/mol. The van der Waals surface area contributed by atoms with Gasteiger partial charge in [0.2, 0.25) is 5.95 Å². The van der Waals surface area contributed by atoms with E-state index in [-0.39, 0.29) is 12.0 Å². The third kappa shape index (κ3) is 5.14. The van der Waals surface area contributed by atoms with Crippen LogP contribution in [0.2, 0.25) is 5.02 Å². The first-order valence-corrected chi connectivity index (χ1v) is 9.82. The van der Waals surface area contributed by atoms with Crippen LogP contribution >= 0.6 is 11.6 Å². The lowest BCUT2D eigenvalue weighted by Crippen LogP contribution is -2.36. The monoisotopic (exact) mass is 419 g/mol. The van der Waals surface area contributed by atoms with Crippen LogP contribution in [0.3, 0.4) is 0 Å². The second-order valence-electron chi connectivity index (χ2n) is 7.61. The Morgan fingerprint density at radius 3 is 2.79 bits per heavy atom. The topological polar surface area (TPSA) is 114 Å². The maximum atomic E-state index is 12.0. The lowest BCUT2D eigenvalue weighted by molar-refractivity contribution is -0.130. The lowest BCUT2D eigenvalue weighted by Gasteiger charge is -2.31. The van der Waals surface area contributed by atoms with Gasteiger partial charge in [-0.2, -0.15) is 4.98 Å². The van der Waals surface area contributed by atoms with Crippen molar-refractivity contribution >= 4 is 35.0 Å². The number of rotatable bonds is 4. The van der Waals surface area contributed by atoms with Gasteiger partial charge >= 0.3 is 0 Å². The van der Waals surface area contributed by atoms with Crippen molar-refractivity contribution in [1.82, 2.24) is 9.97 Å². The van der Waals surface area contributed by atoms with E-state index in [1.165, 1.54) is 13.8 Å². The smallest absolute Gasteiger partial charge is 0.255 e. The lowest BCUT2D eigenvalue weighted by atomic mass is 10.0.